The van der Waals surface area contributed by atoms with Gasteiger partial charge >= 0.3 is 12.0 Å². The van der Waals surface area contributed by atoms with Gasteiger partial charge < -0.3 is 15.7 Å². The van der Waals surface area contributed by atoms with E-state index in [9.17, 15) is 9.59 Å². The van der Waals surface area contributed by atoms with Crippen molar-refractivity contribution in [2.45, 2.75) is 49.4 Å². The van der Waals surface area contributed by atoms with Gasteiger partial charge in [-0.1, -0.05) is 0 Å². The van der Waals surface area contributed by atoms with Crippen molar-refractivity contribution < 1.29 is 14.7 Å². The number of carbonyl (C=O) groups is 2. The van der Waals surface area contributed by atoms with Crippen LogP contribution in [0.2, 0.25) is 0 Å². The Hall–Kier alpha value is -0.560. The minimum atomic E-state index is -0.972. The van der Waals surface area contributed by atoms with Crippen LogP contribution >= 0.6 is 23.5 Å². The Morgan fingerprint density at radius 2 is 1.90 bits per heavy atom. The predicted octanol–water partition coefficient (Wildman–Crippen LogP) is 2.17. The fourth-order valence-corrected chi connectivity index (χ4v) is 3.54. The van der Waals surface area contributed by atoms with E-state index in [0.717, 1.165) is 31.4 Å². The number of carboxylic acid groups (broad SMARTS) is 1. The topological polar surface area (TPSA) is 78.4 Å². The number of urea groups is 1. The Bertz CT molecular complexity index is 321. The van der Waals surface area contributed by atoms with Crippen LogP contribution in [0, 0.1) is 0 Å². The molecule has 1 aliphatic carbocycles. The van der Waals surface area contributed by atoms with Crippen molar-refractivity contribution in [1.82, 2.24) is 10.6 Å². The summed E-state index contributed by atoms with van der Waals surface area (Å²) >= 11 is 3.46. The van der Waals surface area contributed by atoms with Gasteiger partial charge in [-0.2, -0.15) is 23.5 Å². The number of hydrogen-bond donors (Lipinski definition) is 3. The number of carboxylic acids is 1. The second-order valence-corrected chi connectivity index (χ2v) is 7.12. The highest BCUT2D eigenvalue weighted by Crippen LogP contribution is 2.26. The van der Waals surface area contributed by atoms with Gasteiger partial charge in [-0.05, 0) is 50.4 Å². The lowest BCUT2D eigenvalue weighted by atomic mass is 9.95. The third-order valence-corrected chi connectivity index (χ3v) is 5.34. The van der Waals surface area contributed by atoms with Crippen molar-refractivity contribution in [1.29, 1.82) is 0 Å². The molecule has 0 radical (unpaired) electrons. The average molecular weight is 320 g/mol. The first kappa shape index (κ1) is 17.5. The van der Waals surface area contributed by atoms with Gasteiger partial charge in [-0.25, -0.2) is 9.59 Å². The van der Waals surface area contributed by atoms with Crippen LogP contribution < -0.4 is 10.6 Å². The lowest BCUT2D eigenvalue weighted by molar-refractivity contribution is -0.139. The third-order valence-electron chi connectivity index (χ3n) is 3.56. The van der Waals surface area contributed by atoms with Gasteiger partial charge in [-0.3, -0.25) is 0 Å². The first-order valence-electron chi connectivity index (χ1n) is 6.88. The normalized spacial score (nSPS) is 23.9. The molecule has 0 aromatic carbocycles. The summed E-state index contributed by atoms with van der Waals surface area (Å²) < 4.78 is 0. The van der Waals surface area contributed by atoms with Gasteiger partial charge in [-0.15, -0.1) is 0 Å². The van der Waals surface area contributed by atoms with Crippen LogP contribution in [0.25, 0.3) is 0 Å². The van der Waals surface area contributed by atoms with Gasteiger partial charge in [0.1, 0.15) is 6.04 Å². The minimum Gasteiger partial charge on any atom is -0.480 e. The molecule has 0 aliphatic heterocycles. The van der Waals surface area contributed by atoms with Crippen molar-refractivity contribution in [3.05, 3.63) is 0 Å². The number of aliphatic carboxylic acids is 1. The molecule has 0 bridgehead atoms. The number of rotatable bonds is 7. The van der Waals surface area contributed by atoms with Gasteiger partial charge in [0.2, 0.25) is 0 Å². The first-order valence-corrected chi connectivity index (χ1v) is 9.56. The Kier molecular flexibility index (Phi) is 8.21. The molecule has 0 unspecified atom stereocenters. The van der Waals surface area contributed by atoms with E-state index in [2.05, 4.69) is 16.9 Å². The lowest BCUT2D eigenvalue weighted by Gasteiger charge is -2.28. The molecule has 7 heteroatoms. The number of thioether (sulfide) groups is 2. The summed E-state index contributed by atoms with van der Waals surface area (Å²) in [4.78, 5) is 22.9. The molecule has 0 aromatic heterocycles. The van der Waals surface area contributed by atoms with Crippen molar-refractivity contribution in [3.8, 4) is 0 Å². The molecule has 2 amide bonds. The maximum absolute atomic E-state index is 11.8. The van der Waals surface area contributed by atoms with Crippen molar-refractivity contribution in [2.75, 3.05) is 18.3 Å². The van der Waals surface area contributed by atoms with E-state index in [0.29, 0.717) is 11.7 Å². The summed E-state index contributed by atoms with van der Waals surface area (Å²) in [5.41, 5.74) is 0. The molecule has 3 N–H and O–H groups in total. The van der Waals surface area contributed by atoms with Gasteiger partial charge in [0, 0.05) is 11.3 Å². The molecule has 1 fully saturated rings. The van der Waals surface area contributed by atoms with Crippen LogP contribution in [-0.4, -0.2) is 52.7 Å². The predicted molar refractivity (Wildman–Crippen MR) is 85.6 cm³/mol. The summed E-state index contributed by atoms with van der Waals surface area (Å²) in [5.74, 6) is -0.254. The van der Waals surface area contributed by atoms with E-state index in [1.807, 2.05) is 18.0 Å². The summed E-state index contributed by atoms with van der Waals surface area (Å²) in [5, 5.41) is 15.2. The highest BCUT2D eigenvalue weighted by Gasteiger charge is 2.24. The molecular weight excluding hydrogens is 296 g/mol. The van der Waals surface area contributed by atoms with E-state index < -0.39 is 12.0 Å². The SMILES string of the molecule is CSCC[C@H](NC(=O)NC1CCC(SC)CC1)C(=O)O. The lowest BCUT2D eigenvalue weighted by Crippen LogP contribution is -2.50. The first-order chi connectivity index (χ1) is 9.56. The van der Waals surface area contributed by atoms with Crippen molar-refractivity contribution in [3.63, 3.8) is 0 Å². The minimum absolute atomic E-state index is 0.174. The molecule has 1 atom stereocenters. The zero-order valence-corrected chi connectivity index (χ0v) is 13.7. The Morgan fingerprint density at radius 3 is 2.40 bits per heavy atom. The van der Waals surface area contributed by atoms with Gasteiger partial charge in [0.25, 0.3) is 0 Å². The molecule has 0 saturated heterocycles. The summed E-state index contributed by atoms with van der Waals surface area (Å²) in [6, 6.07) is -0.982. The highest BCUT2D eigenvalue weighted by molar-refractivity contribution is 7.99. The quantitative estimate of drug-likeness (QED) is 0.670. The number of hydrogen-bond acceptors (Lipinski definition) is 4. The summed E-state index contributed by atoms with van der Waals surface area (Å²) in [7, 11) is 0. The molecule has 1 saturated carbocycles. The van der Waals surface area contributed by atoms with Crippen LogP contribution in [0.15, 0.2) is 0 Å². The molecule has 116 valence electrons. The third kappa shape index (κ3) is 6.26. The molecule has 1 aliphatic rings. The molecular formula is C13H24N2O3S2. The van der Waals surface area contributed by atoms with E-state index in [1.165, 1.54) is 0 Å². The maximum atomic E-state index is 11.8. The number of nitrogens with one attached hydrogen (secondary N) is 2. The number of amides is 2. The van der Waals surface area contributed by atoms with E-state index in [4.69, 9.17) is 5.11 Å². The Morgan fingerprint density at radius 1 is 1.25 bits per heavy atom. The summed E-state index contributed by atoms with van der Waals surface area (Å²) in [6.07, 6.45) is 8.66. The molecule has 20 heavy (non-hydrogen) atoms. The monoisotopic (exact) mass is 320 g/mol. The average Bonchev–Trinajstić information content (AvgIpc) is 2.44. The second-order valence-electron chi connectivity index (χ2n) is 5.00. The standard InChI is InChI=1S/C13H24N2O3S2/c1-19-8-7-11(12(16)17)15-13(18)14-9-3-5-10(20-2)6-4-9/h9-11H,3-8H2,1-2H3,(H,16,17)(H2,14,15,18)/t9?,10?,11-/m0/s1. The van der Waals surface area contributed by atoms with Crippen LogP contribution in [0.5, 0.6) is 0 Å². The Labute approximate surface area is 129 Å². The van der Waals surface area contributed by atoms with Crippen LogP contribution in [-0.2, 0) is 4.79 Å². The smallest absolute Gasteiger partial charge is 0.326 e. The fourth-order valence-electron chi connectivity index (χ4n) is 2.32. The van der Waals surface area contributed by atoms with E-state index >= 15 is 0 Å². The second kappa shape index (κ2) is 9.39. The van der Waals surface area contributed by atoms with Crippen LogP contribution in [0.1, 0.15) is 32.1 Å². The number of carbonyl (C=O) groups excluding carboxylic acids is 1. The van der Waals surface area contributed by atoms with Crippen LogP contribution in [0.4, 0.5) is 4.79 Å². The molecule has 0 heterocycles. The van der Waals surface area contributed by atoms with Crippen molar-refractivity contribution in [2.24, 2.45) is 0 Å². The van der Waals surface area contributed by atoms with Crippen LogP contribution in [0.3, 0.4) is 0 Å². The van der Waals surface area contributed by atoms with Gasteiger partial charge in [0.15, 0.2) is 0 Å². The summed E-state index contributed by atoms with van der Waals surface area (Å²) in [6.45, 7) is 0. The molecule has 0 spiro atoms. The fraction of sp³-hybridized carbons (Fsp3) is 0.846. The highest BCUT2D eigenvalue weighted by atomic mass is 32.2. The molecule has 0 aromatic rings. The largest absolute Gasteiger partial charge is 0.480 e. The van der Waals surface area contributed by atoms with E-state index in [-0.39, 0.29) is 12.1 Å². The van der Waals surface area contributed by atoms with Gasteiger partial charge in [0.05, 0.1) is 0 Å². The molecule has 1 rings (SSSR count). The Balaban J connectivity index is 2.32. The van der Waals surface area contributed by atoms with Crippen molar-refractivity contribution >= 4 is 35.5 Å². The maximum Gasteiger partial charge on any atom is 0.326 e. The zero-order valence-electron chi connectivity index (χ0n) is 12.1. The van der Waals surface area contributed by atoms with E-state index in [1.54, 1.807) is 11.8 Å². The molecule has 5 nitrogen and oxygen atoms in total. The zero-order chi connectivity index (χ0) is 15.0.